The molecule has 5 nitrogen and oxygen atoms in total. The number of benzene rings is 2. The lowest BCUT2D eigenvalue weighted by Crippen LogP contribution is -3.00. The highest BCUT2D eigenvalue weighted by Gasteiger charge is 2.09. The zero-order chi connectivity index (χ0) is 17.1. The first-order chi connectivity index (χ1) is 11.6. The van der Waals surface area contributed by atoms with Crippen molar-refractivity contribution in [3.05, 3.63) is 57.7 Å². The van der Waals surface area contributed by atoms with E-state index < -0.39 is 0 Å². The molecule has 0 spiro atoms. The van der Waals surface area contributed by atoms with E-state index in [1.807, 2.05) is 12.1 Å². The molecule has 0 bridgehead atoms. The number of nitrogens with one attached hydrogen (secondary N) is 1. The van der Waals surface area contributed by atoms with Gasteiger partial charge in [-0.25, -0.2) is 0 Å². The molecule has 3 rings (SSSR count). The van der Waals surface area contributed by atoms with Gasteiger partial charge < -0.3 is 22.5 Å². The molecule has 128 valence electrons. The first kappa shape index (κ1) is 19.1. The minimum Gasteiger partial charge on any atom is -1.00 e. The second-order valence-electron chi connectivity index (χ2n) is 5.03. The van der Waals surface area contributed by atoms with Crippen LogP contribution in [0.4, 0.5) is 5.82 Å². The first-order valence-corrected chi connectivity index (χ1v) is 7.80. The van der Waals surface area contributed by atoms with Crippen molar-refractivity contribution in [3.63, 3.8) is 0 Å². The Hall–Kier alpha value is -2.26. The Morgan fingerprint density at radius 2 is 1.92 bits per heavy atom. The molecule has 0 saturated heterocycles. The molecule has 0 aliphatic rings. The largest absolute Gasteiger partial charge is 1.00 e. The standard InChI is InChI=1S/C17H12Cl2N4O.ClH/c1-24-15-5-3-11(7-14(15)18)9-21-17-13-6-10(8-20)2-4-12(13)16(19)22-23-17;/h2-7H,9H2,1H3,(H,21,23);1H/p-1. The maximum absolute atomic E-state index is 9.08. The average molecular weight is 395 g/mol. The highest BCUT2D eigenvalue weighted by atomic mass is 35.5. The zero-order valence-corrected chi connectivity index (χ0v) is 15.3. The van der Waals surface area contributed by atoms with Gasteiger partial charge >= 0.3 is 0 Å². The lowest BCUT2D eigenvalue weighted by Gasteiger charge is -2.10. The second-order valence-corrected chi connectivity index (χ2v) is 5.80. The van der Waals surface area contributed by atoms with Crippen molar-refractivity contribution in [3.8, 4) is 11.8 Å². The average Bonchev–Trinajstić information content (AvgIpc) is 2.61. The summed E-state index contributed by atoms with van der Waals surface area (Å²) in [6.45, 7) is 0.492. The fraction of sp³-hybridized carbons (Fsp3) is 0.118. The molecular formula is C17H12Cl3N4O-. The van der Waals surface area contributed by atoms with Gasteiger partial charge in [-0.1, -0.05) is 29.3 Å². The minimum absolute atomic E-state index is 0. The highest BCUT2D eigenvalue weighted by Crippen LogP contribution is 2.28. The van der Waals surface area contributed by atoms with Gasteiger partial charge in [0.1, 0.15) is 5.75 Å². The van der Waals surface area contributed by atoms with E-state index in [0.29, 0.717) is 33.9 Å². The number of halogens is 3. The smallest absolute Gasteiger partial charge is 0.159 e. The summed E-state index contributed by atoms with van der Waals surface area (Å²) in [7, 11) is 1.57. The SMILES string of the molecule is COc1ccc(CNc2nnc(Cl)c3ccc(C#N)cc23)cc1Cl.[Cl-]. The Balaban J connectivity index is 0.00000225. The van der Waals surface area contributed by atoms with Crippen LogP contribution >= 0.6 is 23.2 Å². The van der Waals surface area contributed by atoms with E-state index >= 15 is 0 Å². The third-order valence-corrected chi connectivity index (χ3v) is 4.11. The molecule has 0 unspecified atom stereocenters. The molecular weight excluding hydrogens is 383 g/mol. The van der Waals surface area contributed by atoms with Gasteiger partial charge in [-0.3, -0.25) is 0 Å². The predicted octanol–water partition coefficient (Wildman–Crippen LogP) is 1.43. The van der Waals surface area contributed by atoms with E-state index in [2.05, 4.69) is 21.6 Å². The van der Waals surface area contributed by atoms with Gasteiger partial charge in [0.05, 0.1) is 23.8 Å². The van der Waals surface area contributed by atoms with Crippen molar-refractivity contribution in [1.29, 1.82) is 5.26 Å². The van der Waals surface area contributed by atoms with Gasteiger partial charge in [-0.05, 0) is 35.9 Å². The number of methoxy groups -OCH3 is 1. The van der Waals surface area contributed by atoms with E-state index in [9.17, 15) is 0 Å². The van der Waals surface area contributed by atoms with Crippen LogP contribution in [0.2, 0.25) is 10.2 Å². The zero-order valence-electron chi connectivity index (χ0n) is 13.1. The minimum atomic E-state index is 0. The number of hydrogen-bond acceptors (Lipinski definition) is 5. The Morgan fingerprint density at radius 1 is 1.12 bits per heavy atom. The molecule has 2 aromatic carbocycles. The lowest BCUT2D eigenvalue weighted by atomic mass is 10.1. The normalized spacial score (nSPS) is 10.0. The summed E-state index contributed by atoms with van der Waals surface area (Å²) < 4.78 is 5.14. The maximum atomic E-state index is 9.08. The van der Waals surface area contributed by atoms with Crippen LogP contribution in [-0.2, 0) is 6.54 Å². The van der Waals surface area contributed by atoms with Crippen molar-refractivity contribution in [2.24, 2.45) is 0 Å². The number of aromatic nitrogens is 2. The maximum Gasteiger partial charge on any atom is 0.159 e. The van der Waals surface area contributed by atoms with Gasteiger partial charge in [0, 0.05) is 17.3 Å². The molecule has 8 heteroatoms. The molecule has 0 radical (unpaired) electrons. The van der Waals surface area contributed by atoms with Gasteiger partial charge in [0.15, 0.2) is 11.0 Å². The topological polar surface area (TPSA) is 70.8 Å². The summed E-state index contributed by atoms with van der Waals surface area (Å²) in [5.74, 6) is 1.18. The molecule has 1 aromatic heterocycles. The lowest BCUT2D eigenvalue weighted by molar-refractivity contribution is -0.00000518. The molecule has 0 saturated carbocycles. The summed E-state index contributed by atoms with van der Waals surface area (Å²) in [5.41, 5.74) is 1.49. The van der Waals surface area contributed by atoms with Crippen LogP contribution in [0.25, 0.3) is 10.8 Å². The molecule has 0 aliphatic carbocycles. The fourth-order valence-electron chi connectivity index (χ4n) is 2.33. The number of fused-ring (bicyclic) bond motifs is 1. The van der Waals surface area contributed by atoms with Gasteiger partial charge in [-0.2, -0.15) is 5.26 Å². The number of nitriles is 1. The third kappa shape index (κ3) is 4.05. The van der Waals surface area contributed by atoms with E-state index in [-0.39, 0.29) is 12.4 Å². The van der Waals surface area contributed by atoms with Gasteiger partial charge in [-0.15, -0.1) is 10.2 Å². The van der Waals surface area contributed by atoms with Crippen LogP contribution in [0, 0.1) is 11.3 Å². The number of anilines is 1. The van der Waals surface area contributed by atoms with Crippen molar-refractivity contribution in [2.75, 3.05) is 12.4 Å². The van der Waals surface area contributed by atoms with Crippen LogP contribution in [0.1, 0.15) is 11.1 Å². The van der Waals surface area contributed by atoms with Crippen LogP contribution in [0.15, 0.2) is 36.4 Å². The summed E-state index contributed by atoms with van der Waals surface area (Å²) in [6, 6.07) is 12.8. The van der Waals surface area contributed by atoms with Crippen molar-refractivity contribution >= 4 is 39.8 Å². The molecule has 0 amide bonds. The molecule has 3 aromatic rings. The quantitative estimate of drug-likeness (QED) is 0.725. The van der Waals surface area contributed by atoms with E-state index in [1.165, 1.54) is 0 Å². The van der Waals surface area contributed by atoms with E-state index in [1.54, 1.807) is 31.4 Å². The molecule has 1 N–H and O–H groups in total. The predicted molar refractivity (Wildman–Crippen MR) is 94.6 cm³/mol. The van der Waals surface area contributed by atoms with Crippen molar-refractivity contribution in [2.45, 2.75) is 6.54 Å². The van der Waals surface area contributed by atoms with Crippen LogP contribution < -0.4 is 22.5 Å². The number of ether oxygens (including phenoxy) is 1. The Labute approximate surface area is 160 Å². The Bertz CT molecular complexity index is 957. The fourth-order valence-corrected chi connectivity index (χ4v) is 2.81. The Morgan fingerprint density at radius 3 is 2.60 bits per heavy atom. The molecule has 0 fully saturated rings. The highest BCUT2D eigenvalue weighted by molar-refractivity contribution is 6.34. The number of nitrogens with zero attached hydrogens (tertiary/aromatic N) is 3. The third-order valence-electron chi connectivity index (χ3n) is 3.54. The molecule has 0 aliphatic heterocycles. The van der Waals surface area contributed by atoms with Crippen molar-refractivity contribution in [1.82, 2.24) is 10.2 Å². The van der Waals surface area contributed by atoms with Crippen LogP contribution in [-0.4, -0.2) is 17.3 Å². The molecule has 25 heavy (non-hydrogen) atoms. The summed E-state index contributed by atoms with van der Waals surface area (Å²) in [4.78, 5) is 0. The number of rotatable bonds is 4. The van der Waals surface area contributed by atoms with Crippen LogP contribution in [0.3, 0.4) is 0 Å². The van der Waals surface area contributed by atoms with E-state index in [0.717, 1.165) is 16.3 Å². The molecule has 1 heterocycles. The number of hydrogen-bond donors (Lipinski definition) is 1. The van der Waals surface area contributed by atoms with Gasteiger partial charge in [0.25, 0.3) is 0 Å². The Kier molecular flexibility index (Phi) is 6.27. The summed E-state index contributed by atoms with van der Waals surface area (Å²) in [6.07, 6.45) is 0. The van der Waals surface area contributed by atoms with Gasteiger partial charge in [0.2, 0.25) is 0 Å². The molecule has 0 atom stereocenters. The monoisotopic (exact) mass is 393 g/mol. The first-order valence-electron chi connectivity index (χ1n) is 7.04. The van der Waals surface area contributed by atoms with Crippen molar-refractivity contribution < 1.29 is 17.1 Å². The van der Waals surface area contributed by atoms with Crippen LogP contribution in [0.5, 0.6) is 5.75 Å². The summed E-state index contributed by atoms with van der Waals surface area (Å²) >= 11 is 12.2. The second kappa shape index (κ2) is 8.21. The summed E-state index contributed by atoms with van der Waals surface area (Å²) in [5, 5.41) is 22.6. The van der Waals surface area contributed by atoms with E-state index in [4.69, 9.17) is 33.2 Å².